The Morgan fingerprint density at radius 3 is 2.62 bits per heavy atom. The van der Waals surface area contributed by atoms with Crippen molar-refractivity contribution in [3.05, 3.63) is 77.8 Å². The van der Waals surface area contributed by atoms with Crippen molar-refractivity contribution in [2.45, 2.75) is 19.4 Å². The van der Waals surface area contributed by atoms with Crippen LogP contribution < -0.4 is 0 Å². The Bertz CT molecular complexity index is 1100. The summed E-state index contributed by atoms with van der Waals surface area (Å²) in [6.45, 7) is 3.54. The first kappa shape index (κ1) is 16.8. The van der Waals surface area contributed by atoms with Crippen molar-refractivity contribution in [1.82, 2.24) is 14.5 Å². The van der Waals surface area contributed by atoms with Gasteiger partial charge in [0.05, 0.1) is 16.6 Å². The molecule has 2 aromatic carbocycles. The normalized spacial score (nSPS) is 11.8. The molecule has 4 rings (SSSR count). The van der Waals surface area contributed by atoms with Gasteiger partial charge in [0.2, 0.25) is 0 Å². The molecule has 4 aromatic rings. The maximum Gasteiger partial charge on any atom is 0.136 e. The van der Waals surface area contributed by atoms with Crippen LogP contribution in [0.3, 0.4) is 0 Å². The number of nitrogens with zero attached hydrogens (tertiary/aromatic N) is 3. The lowest BCUT2D eigenvalue weighted by atomic mass is 9.98. The molecule has 1 N–H and O–H groups in total. The van der Waals surface area contributed by atoms with Crippen molar-refractivity contribution in [1.29, 1.82) is 0 Å². The van der Waals surface area contributed by atoms with Crippen LogP contribution in [0.5, 0.6) is 0 Å². The molecule has 130 valence electrons. The maximum absolute atomic E-state index is 10.2. The molecule has 5 heteroatoms. The predicted octanol–water partition coefficient (Wildman–Crippen LogP) is 4.97. The van der Waals surface area contributed by atoms with Crippen LogP contribution in [0.25, 0.3) is 27.8 Å². The van der Waals surface area contributed by atoms with Gasteiger partial charge < -0.3 is 5.11 Å². The summed E-state index contributed by atoms with van der Waals surface area (Å²) >= 11 is 6.24. The van der Waals surface area contributed by atoms with Gasteiger partial charge in [-0.3, -0.25) is 4.57 Å². The second kappa shape index (κ2) is 6.24. The van der Waals surface area contributed by atoms with E-state index in [0.29, 0.717) is 5.15 Å². The Kier molecular flexibility index (Phi) is 4.02. The molecule has 0 fully saturated rings. The minimum Gasteiger partial charge on any atom is -0.386 e. The molecular formula is C21H18ClN3O. The molecule has 0 unspecified atom stereocenters. The molecule has 0 saturated carbocycles. The zero-order valence-corrected chi connectivity index (χ0v) is 15.3. The summed E-state index contributed by atoms with van der Waals surface area (Å²) in [6, 6.07) is 17.8. The summed E-state index contributed by atoms with van der Waals surface area (Å²) in [7, 11) is 0. The van der Waals surface area contributed by atoms with Gasteiger partial charge in [-0.1, -0.05) is 29.8 Å². The highest BCUT2D eigenvalue weighted by molar-refractivity contribution is 6.32. The lowest BCUT2D eigenvalue weighted by Crippen LogP contribution is -2.15. The van der Waals surface area contributed by atoms with Gasteiger partial charge in [0.1, 0.15) is 11.5 Å². The van der Waals surface area contributed by atoms with E-state index in [1.807, 2.05) is 53.1 Å². The van der Waals surface area contributed by atoms with E-state index in [2.05, 4.69) is 16.0 Å². The molecule has 0 aliphatic carbocycles. The molecule has 4 nitrogen and oxygen atoms in total. The number of pyridine rings is 1. The Hall–Kier alpha value is -2.69. The molecule has 2 aromatic heterocycles. The number of imidazole rings is 1. The number of aliphatic hydroxyl groups is 1. The Morgan fingerprint density at radius 1 is 1.00 bits per heavy atom. The van der Waals surface area contributed by atoms with Crippen molar-refractivity contribution in [3.63, 3.8) is 0 Å². The van der Waals surface area contributed by atoms with E-state index in [4.69, 9.17) is 11.6 Å². The highest BCUT2D eigenvalue weighted by Gasteiger charge is 2.17. The van der Waals surface area contributed by atoms with E-state index in [1.165, 1.54) is 0 Å². The first-order chi connectivity index (χ1) is 12.4. The molecule has 0 aliphatic heterocycles. The minimum absolute atomic E-state index is 0.481. The Morgan fingerprint density at radius 2 is 1.85 bits per heavy atom. The number of fused-ring (bicyclic) bond motifs is 1. The third-order valence-corrected chi connectivity index (χ3v) is 4.75. The number of aromatic nitrogens is 3. The molecule has 26 heavy (non-hydrogen) atoms. The topological polar surface area (TPSA) is 50.9 Å². The van der Waals surface area contributed by atoms with Gasteiger partial charge in [0, 0.05) is 17.4 Å². The van der Waals surface area contributed by atoms with Gasteiger partial charge >= 0.3 is 0 Å². The minimum atomic E-state index is -0.894. The van der Waals surface area contributed by atoms with Crippen molar-refractivity contribution >= 4 is 22.6 Å². The van der Waals surface area contributed by atoms with E-state index in [0.717, 1.165) is 33.4 Å². The molecule has 0 spiro atoms. The third-order valence-electron chi connectivity index (χ3n) is 4.45. The molecule has 2 heterocycles. The number of halogens is 1. The standard InChI is InChI=1S/C21H18ClN3O/c1-21(2,26)15-8-9-19-18(12-15)24-13-25(19)16-6-3-5-14(11-16)17-7-4-10-23-20(17)22/h3-13,26H,1-2H3. The van der Waals surface area contributed by atoms with Crippen molar-refractivity contribution < 1.29 is 5.11 Å². The molecule has 0 radical (unpaired) electrons. The van der Waals surface area contributed by atoms with E-state index >= 15 is 0 Å². The van der Waals surface area contributed by atoms with Gasteiger partial charge in [-0.15, -0.1) is 0 Å². The molecule has 0 bridgehead atoms. The summed E-state index contributed by atoms with van der Waals surface area (Å²) in [5.74, 6) is 0. The quantitative estimate of drug-likeness (QED) is 0.523. The number of rotatable bonds is 3. The average Bonchev–Trinajstić information content (AvgIpc) is 3.05. The lowest BCUT2D eigenvalue weighted by molar-refractivity contribution is 0.0787. The van der Waals surface area contributed by atoms with E-state index in [-0.39, 0.29) is 0 Å². The maximum atomic E-state index is 10.2. The predicted molar refractivity (Wildman–Crippen MR) is 105 cm³/mol. The fourth-order valence-electron chi connectivity index (χ4n) is 3.02. The van der Waals surface area contributed by atoms with Crippen LogP contribution in [0.2, 0.25) is 5.15 Å². The average molecular weight is 364 g/mol. The zero-order valence-electron chi connectivity index (χ0n) is 14.5. The van der Waals surface area contributed by atoms with Crippen molar-refractivity contribution in [2.75, 3.05) is 0 Å². The summed E-state index contributed by atoms with van der Waals surface area (Å²) in [5.41, 5.74) is 4.64. The molecule has 0 aliphatic rings. The fraction of sp³-hybridized carbons (Fsp3) is 0.143. The van der Waals surface area contributed by atoms with Gasteiger partial charge in [0.25, 0.3) is 0 Å². The van der Waals surface area contributed by atoms with Gasteiger partial charge in [0.15, 0.2) is 0 Å². The van der Waals surface area contributed by atoms with E-state index in [9.17, 15) is 5.11 Å². The summed E-state index contributed by atoms with van der Waals surface area (Å²) < 4.78 is 2.03. The van der Waals surface area contributed by atoms with Crippen LogP contribution in [-0.2, 0) is 5.60 Å². The smallest absolute Gasteiger partial charge is 0.136 e. The van der Waals surface area contributed by atoms with E-state index in [1.54, 1.807) is 26.4 Å². The van der Waals surface area contributed by atoms with Gasteiger partial charge in [-0.2, -0.15) is 0 Å². The molecule has 0 atom stereocenters. The van der Waals surface area contributed by atoms with E-state index < -0.39 is 5.60 Å². The first-order valence-corrected chi connectivity index (χ1v) is 8.72. The second-order valence-corrected chi connectivity index (χ2v) is 7.13. The lowest BCUT2D eigenvalue weighted by Gasteiger charge is -2.17. The van der Waals surface area contributed by atoms with Crippen LogP contribution >= 0.6 is 11.6 Å². The number of hydrogen-bond acceptors (Lipinski definition) is 3. The SMILES string of the molecule is CC(C)(O)c1ccc2c(c1)ncn2-c1cccc(-c2cccnc2Cl)c1. The molecular weight excluding hydrogens is 346 g/mol. The van der Waals surface area contributed by atoms with Gasteiger partial charge in [-0.05, 0) is 61.4 Å². The van der Waals surface area contributed by atoms with Gasteiger partial charge in [-0.25, -0.2) is 9.97 Å². The second-order valence-electron chi connectivity index (χ2n) is 6.77. The zero-order chi connectivity index (χ0) is 18.3. The van der Waals surface area contributed by atoms with Crippen molar-refractivity contribution in [2.24, 2.45) is 0 Å². The summed E-state index contributed by atoms with van der Waals surface area (Å²) in [4.78, 5) is 8.66. The first-order valence-electron chi connectivity index (χ1n) is 8.35. The third kappa shape index (κ3) is 2.98. The van der Waals surface area contributed by atoms with Crippen LogP contribution in [0, 0.1) is 0 Å². The Labute approximate surface area is 156 Å². The Balaban J connectivity index is 1.81. The summed E-state index contributed by atoms with van der Waals surface area (Å²) in [5, 5.41) is 10.7. The van der Waals surface area contributed by atoms with Crippen molar-refractivity contribution in [3.8, 4) is 16.8 Å². The number of benzene rings is 2. The molecule has 0 amide bonds. The monoisotopic (exact) mass is 363 g/mol. The fourth-order valence-corrected chi connectivity index (χ4v) is 3.25. The summed E-state index contributed by atoms with van der Waals surface area (Å²) in [6.07, 6.45) is 3.47. The van der Waals surface area contributed by atoms with Crippen LogP contribution in [0.1, 0.15) is 19.4 Å². The number of hydrogen-bond donors (Lipinski definition) is 1. The highest BCUT2D eigenvalue weighted by atomic mass is 35.5. The van der Waals surface area contributed by atoms with Crippen LogP contribution in [0.15, 0.2) is 67.1 Å². The molecule has 0 saturated heterocycles. The van der Waals surface area contributed by atoms with Crippen LogP contribution in [-0.4, -0.2) is 19.6 Å². The van der Waals surface area contributed by atoms with Crippen LogP contribution in [0.4, 0.5) is 0 Å². The highest BCUT2D eigenvalue weighted by Crippen LogP contribution is 2.29. The largest absolute Gasteiger partial charge is 0.386 e.